The van der Waals surface area contributed by atoms with Crippen LogP contribution in [0.25, 0.3) is 6.08 Å². The molecule has 2 rings (SSSR count). The van der Waals surface area contributed by atoms with Crippen LogP contribution in [0.5, 0.6) is 5.75 Å². The van der Waals surface area contributed by atoms with E-state index >= 15 is 0 Å². The topological polar surface area (TPSA) is 61.8 Å². The maximum Gasteiger partial charge on any atom is 0.243 e. The summed E-state index contributed by atoms with van der Waals surface area (Å²) in [7, 11) is 0. The summed E-state index contributed by atoms with van der Waals surface area (Å²) in [6.07, 6.45) is 5.99. The van der Waals surface area contributed by atoms with Gasteiger partial charge in [-0.25, -0.2) is 0 Å². The number of piperidine rings is 1. The number of nitrogens with one attached hydrogen (secondary N) is 1. The van der Waals surface area contributed by atoms with Gasteiger partial charge in [-0.3, -0.25) is 4.79 Å². The van der Waals surface area contributed by atoms with Gasteiger partial charge in [0.25, 0.3) is 0 Å². The van der Waals surface area contributed by atoms with Crippen molar-refractivity contribution in [1.29, 1.82) is 0 Å². The molecule has 1 saturated heterocycles. The molecule has 0 atom stereocenters. The summed E-state index contributed by atoms with van der Waals surface area (Å²) >= 11 is 0. The number of nitrogens with zero attached hydrogens (tertiary/aromatic N) is 1. The fourth-order valence-corrected chi connectivity index (χ4v) is 2.85. The zero-order valence-corrected chi connectivity index (χ0v) is 15.3. The van der Waals surface area contributed by atoms with E-state index in [1.165, 1.54) is 0 Å². The Labute approximate surface area is 150 Å². The second-order valence-electron chi connectivity index (χ2n) is 6.79. The minimum absolute atomic E-state index is 0.0794. The van der Waals surface area contributed by atoms with E-state index in [-0.39, 0.29) is 18.1 Å². The van der Waals surface area contributed by atoms with Crippen molar-refractivity contribution >= 4 is 12.0 Å². The van der Waals surface area contributed by atoms with Crippen molar-refractivity contribution in [3.8, 4) is 5.75 Å². The molecule has 1 aromatic carbocycles. The molecule has 1 amide bonds. The number of carbonyl (C=O) groups is 1. The monoisotopic (exact) mass is 346 g/mol. The Kier molecular flexibility index (Phi) is 7.95. The number of aliphatic hydroxyl groups excluding tert-OH is 1. The van der Waals surface area contributed by atoms with Crippen LogP contribution in [-0.4, -0.2) is 54.3 Å². The van der Waals surface area contributed by atoms with Gasteiger partial charge >= 0.3 is 0 Å². The van der Waals surface area contributed by atoms with E-state index in [1.54, 1.807) is 12.2 Å². The van der Waals surface area contributed by atoms with Crippen molar-refractivity contribution in [3.05, 3.63) is 35.9 Å². The fraction of sp³-hybridized carbons (Fsp3) is 0.550. The molecule has 0 aliphatic carbocycles. The Bertz CT molecular complexity index is 564. The molecule has 0 bridgehead atoms. The van der Waals surface area contributed by atoms with Gasteiger partial charge in [0.2, 0.25) is 5.91 Å². The van der Waals surface area contributed by atoms with Crippen LogP contribution in [0.15, 0.2) is 30.3 Å². The molecule has 0 radical (unpaired) electrons. The quantitative estimate of drug-likeness (QED) is 0.561. The van der Waals surface area contributed by atoms with Crippen molar-refractivity contribution in [1.82, 2.24) is 10.2 Å². The lowest BCUT2D eigenvalue weighted by Gasteiger charge is -2.29. The summed E-state index contributed by atoms with van der Waals surface area (Å²) in [5.74, 6) is 0.730. The van der Waals surface area contributed by atoms with Crippen molar-refractivity contribution in [2.75, 3.05) is 26.2 Å². The lowest BCUT2D eigenvalue weighted by molar-refractivity contribution is -0.116. The Morgan fingerprint density at radius 3 is 2.88 bits per heavy atom. The lowest BCUT2D eigenvalue weighted by atomic mass is 10.1. The standard InChI is InChI=1S/C20H30N2O3/c1-16(2)25-19-6-3-5-17(15-19)7-8-20(24)21-11-4-12-22-13-9-18(23)10-14-22/h3,5-8,15-16,18,23H,4,9-14H2,1-2H3,(H,21,24). The van der Waals surface area contributed by atoms with Crippen molar-refractivity contribution in [2.45, 2.75) is 45.3 Å². The number of ether oxygens (including phenoxy) is 1. The van der Waals surface area contributed by atoms with Crippen LogP contribution in [0.1, 0.15) is 38.7 Å². The highest BCUT2D eigenvalue weighted by atomic mass is 16.5. The number of aliphatic hydroxyl groups is 1. The maximum atomic E-state index is 11.9. The molecule has 1 aromatic rings. The van der Waals surface area contributed by atoms with Crippen LogP contribution in [0.4, 0.5) is 0 Å². The van der Waals surface area contributed by atoms with Crippen LogP contribution in [0, 0.1) is 0 Å². The Morgan fingerprint density at radius 2 is 2.16 bits per heavy atom. The molecule has 0 spiro atoms. The zero-order valence-electron chi connectivity index (χ0n) is 15.3. The van der Waals surface area contributed by atoms with Gasteiger partial charge in [-0.15, -0.1) is 0 Å². The number of benzene rings is 1. The lowest BCUT2D eigenvalue weighted by Crippen LogP contribution is -2.37. The van der Waals surface area contributed by atoms with Crippen molar-refractivity contribution in [2.24, 2.45) is 0 Å². The predicted octanol–water partition coefficient (Wildman–Crippen LogP) is 2.45. The summed E-state index contributed by atoms with van der Waals surface area (Å²) in [5, 5.41) is 12.4. The van der Waals surface area contributed by atoms with Crippen molar-refractivity contribution < 1.29 is 14.6 Å². The van der Waals surface area contributed by atoms with E-state index in [1.807, 2.05) is 38.1 Å². The van der Waals surface area contributed by atoms with Gasteiger partial charge in [0.1, 0.15) is 5.75 Å². The number of likely N-dealkylation sites (tertiary alicyclic amines) is 1. The largest absolute Gasteiger partial charge is 0.491 e. The number of amides is 1. The molecule has 25 heavy (non-hydrogen) atoms. The summed E-state index contributed by atoms with van der Waals surface area (Å²) in [6.45, 7) is 7.50. The van der Waals surface area contributed by atoms with Gasteiger partial charge in [0.05, 0.1) is 12.2 Å². The second kappa shape index (κ2) is 10.2. The van der Waals surface area contributed by atoms with Crippen LogP contribution in [0.2, 0.25) is 0 Å². The van der Waals surface area contributed by atoms with Gasteiger partial charge in [0, 0.05) is 25.7 Å². The molecule has 0 saturated carbocycles. The molecule has 5 nitrogen and oxygen atoms in total. The Morgan fingerprint density at radius 1 is 1.40 bits per heavy atom. The summed E-state index contributed by atoms with van der Waals surface area (Å²) in [5.41, 5.74) is 0.945. The molecule has 1 aliphatic heterocycles. The third-order valence-electron chi connectivity index (χ3n) is 4.16. The highest BCUT2D eigenvalue weighted by molar-refractivity contribution is 5.91. The minimum atomic E-state index is -0.134. The zero-order chi connectivity index (χ0) is 18.1. The van der Waals surface area contributed by atoms with Gasteiger partial charge in [-0.05, 0) is 63.4 Å². The third-order valence-corrected chi connectivity index (χ3v) is 4.16. The number of carbonyl (C=O) groups excluding carboxylic acids is 1. The summed E-state index contributed by atoms with van der Waals surface area (Å²) in [4.78, 5) is 14.2. The first-order chi connectivity index (χ1) is 12.0. The maximum absolute atomic E-state index is 11.9. The van der Waals surface area contributed by atoms with E-state index in [2.05, 4.69) is 10.2 Å². The van der Waals surface area contributed by atoms with Crippen LogP contribution in [0.3, 0.4) is 0 Å². The van der Waals surface area contributed by atoms with Gasteiger partial charge in [0.15, 0.2) is 0 Å². The van der Waals surface area contributed by atoms with Gasteiger partial charge < -0.3 is 20.1 Å². The van der Waals surface area contributed by atoms with E-state index < -0.39 is 0 Å². The first-order valence-corrected chi connectivity index (χ1v) is 9.16. The summed E-state index contributed by atoms with van der Waals surface area (Å²) < 4.78 is 5.65. The predicted molar refractivity (Wildman–Crippen MR) is 101 cm³/mol. The van der Waals surface area contributed by atoms with Crippen LogP contribution < -0.4 is 10.1 Å². The molecule has 5 heteroatoms. The normalized spacial score (nSPS) is 16.5. The minimum Gasteiger partial charge on any atom is -0.491 e. The van der Waals surface area contributed by atoms with Crippen molar-refractivity contribution in [3.63, 3.8) is 0 Å². The molecule has 1 heterocycles. The average molecular weight is 346 g/mol. The average Bonchev–Trinajstić information content (AvgIpc) is 2.58. The first kappa shape index (κ1) is 19.5. The highest BCUT2D eigenvalue weighted by Crippen LogP contribution is 2.15. The van der Waals surface area contributed by atoms with E-state index in [4.69, 9.17) is 4.74 Å². The van der Waals surface area contributed by atoms with E-state index in [9.17, 15) is 9.90 Å². The van der Waals surface area contributed by atoms with Gasteiger partial charge in [-0.2, -0.15) is 0 Å². The molecular formula is C20H30N2O3. The Balaban J connectivity index is 1.67. The van der Waals surface area contributed by atoms with Gasteiger partial charge in [-0.1, -0.05) is 12.1 Å². The smallest absolute Gasteiger partial charge is 0.243 e. The van der Waals surface area contributed by atoms with E-state index in [0.717, 1.165) is 50.2 Å². The molecule has 2 N–H and O–H groups in total. The molecule has 1 fully saturated rings. The van der Waals surface area contributed by atoms with Crippen LogP contribution in [-0.2, 0) is 4.79 Å². The molecule has 1 aliphatic rings. The third kappa shape index (κ3) is 7.71. The molecule has 138 valence electrons. The molecule has 0 unspecified atom stereocenters. The van der Waals surface area contributed by atoms with Crippen LogP contribution >= 0.6 is 0 Å². The number of rotatable bonds is 8. The second-order valence-corrected chi connectivity index (χ2v) is 6.79. The van der Waals surface area contributed by atoms with E-state index in [0.29, 0.717) is 6.54 Å². The Hall–Kier alpha value is -1.85. The first-order valence-electron chi connectivity index (χ1n) is 9.16. The molecular weight excluding hydrogens is 316 g/mol. The number of hydrogen-bond donors (Lipinski definition) is 2. The molecule has 0 aromatic heterocycles. The SMILES string of the molecule is CC(C)Oc1cccc(C=CC(=O)NCCCN2CCC(O)CC2)c1. The summed E-state index contributed by atoms with van der Waals surface area (Å²) in [6, 6.07) is 7.71. The number of hydrogen-bond acceptors (Lipinski definition) is 4. The highest BCUT2D eigenvalue weighted by Gasteiger charge is 2.15. The fourth-order valence-electron chi connectivity index (χ4n) is 2.85.